The number of tetrazole rings is 1. The second-order valence-corrected chi connectivity index (χ2v) is 2.89. The molecule has 0 saturated heterocycles. The molecule has 0 unspecified atom stereocenters. The van der Waals surface area contributed by atoms with Crippen LogP contribution in [0.3, 0.4) is 0 Å². The minimum absolute atomic E-state index is 0.250. The summed E-state index contributed by atoms with van der Waals surface area (Å²) in [4.78, 5) is 11.5. The first-order valence-corrected chi connectivity index (χ1v) is 4.47. The van der Waals surface area contributed by atoms with E-state index in [2.05, 4.69) is 15.4 Å². The fourth-order valence-electron chi connectivity index (χ4n) is 1.07. The van der Waals surface area contributed by atoms with Gasteiger partial charge in [0.25, 0.3) is 0 Å². The predicted molar refractivity (Wildman–Crippen MR) is 52.3 cm³/mol. The van der Waals surface area contributed by atoms with Crippen molar-refractivity contribution in [2.24, 2.45) is 0 Å². The summed E-state index contributed by atoms with van der Waals surface area (Å²) < 4.78 is 5.09. The van der Waals surface area contributed by atoms with Crippen LogP contribution in [-0.4, -0.2) is 31.3 Å². The highest BCUT2D eigenvalue weighted by atomic mass is 16.4. The normalized spacial score (nSPS) is 11.0. The largest absolute Gasteiger partial charge is 0.478 e. The van der Waals surface area contributed by atoms with Crippen molar-refractivity contribution < 1.29 is 14.3 Å². The Kier molecular flexibility index (Phi) is 2.77. The summed E-state index contributed by atoms with van der Waals surface area (Å²) in [5.41, 5.74) is 0. The second kappa shape index (κ2) is 4.39. The van der Waals surface area contributed by atoms with E-state index in [1.165, 1.54) is 17.1 Å². The first-order valence-electron chi connectivity index (χ1n) is 4.47. The van der Waals surface area contributed by atoms with Crippen LogP contribution in [0.25, 0.3) is 11.6 Å². The molecule has 7 heteroatoms. The van der Waals surface area contributed by atoms with Gasteiger partial charge in [-0.15, -0.1) is 10.2 Å². The first-order chi connectivity index (χ1) is 7.75. The molecule has 0 aliphatic carbocycles. The Balaban J connectivity index is 2.06. The number of carbonyl (C=O) groups is 1. The van der Waals surface area contributed by atoms with E-state index in [9.17, 15) is 4.79 Å². The highest BCUT2D eigenvalue weighted by Crippen LogP contribution is 2.12. The molecule has 0 aliphatic rings. The molecule has 0 saturated carbocycles. The molecular weight excluding hydrogens is 212 g/mol. The van der Waals surface area contributed by atoms with E-state index in [0.29, 0.717) is 11.6 Å². The number of hydrogen-bond donors (Lipinski definition) is 1. The van der Waals surface area contributed by atoms with E-state index in [1.54, 1.807) is 12.1 Å². The average molecular weight is 220 g/mol. The van der Waals surface area contributed by atoms with Gasteiger partial charge in [0.1, 0.15) is 0 Å². The molecule has 1 N–H and O–H groups in total. The maximum atomic E-state index is 10.2. The van der Waals surface area contributed by atoms with Gasteiger partial charge in [0.05, 0.1) is 12.8 Å². The van der Waals surface area contributed by atoms with Crippen molar-refractivity contribution in [2.75, 3.05) is 0 Å². The molecule has 16 heavy (non-hydrogen) atoms. The summed E-state index contributed by atoms with van der Waals surface area (Å²) in [6.45, 7) is 0.250. The van der Waals surface area contributed by atoms with E-state index < -0.39 is 5.97 Å². The Morgan fingerprint density at radius 1 is 1.62 bits per heavy atom. The zero-order chi connectivity index (χ0) is 11.4. The molecule has 0 spiro atoms. The number of aliphatic carboxylic acids is 1. The van der Waals surface area contributed by atoms with Gasteiger partial charge >= 0.3 is 5.97 Å². The predicted octanol–water partition coefficient (Wildman–Crippen LogP) is 0.574. The fourth-order valence-corrected chi connectivity index (χ4v) is 1.07. The molecule has 0 amide bonds. The lowest BCUT2D eigenvalue weighted by Gasteiger charge is -1.88. The molecule has 2 aromatic heterocycles. The third-order valence-corrected chi connectivity index (χ3v) is 1.72. The summed E-state index contributed by atoms with van der Waals surface area (Å²) in [5.74, 6) is -0.117. The highest BCUT2D eigenvalue weighted by Gasteiger charge is 2.06. The van der Waals surface area contributed by atoms with E-state index in [4.69, 9.17) is 9.52 Å². The van der Waals surface area contributed by atoms with Gasteiger partial charge in [-0.05, 0) is 17.3 Å². The van der Waals surface area contributed by atoms with E-state index >= 15 is 0 Å². The molecule has 0 radical (unpaired) electrons. The topological polar surface area (TPSA) is 94.0 Å². The second-order valence-electron chi connectivity index (χ2n) is 2.89. The summed E-state index contributed by atoms with van der Waals surface area (Å²) in [7, 11) is 0. The molecule has 0 aromatic carbocycles. The van der Waals surface area contributed by atoms with E-state index in [0.717, 1.165) is 6.08 Å². The summed E-state index contributed by atoms with van der Waals surface area (Å²) in [5, 5.41) is 19.9. The van der Waals surface area contributed by atoms with Crippen LogP contribution in [-0.2, 0) is 11.3 Å². The van der Waals surface area contributed by atoms with Crippen molar-refractivity contribution in [1.82, 2.24) is 20.2 Å². The van der Waals surface area contributed by atoms with Crippen molar-refractivity contribution >= 4 is 5.97 Å². The highest BCUT2D eigenvalue weighted by molar-refractivity contribution is 5.79. The van der Waals surface area contributed by atoms with E-state index in [-0.39, 0.29) is 6.54 Å². The molecule has 2 heterocycles. The van der Waals surface area contributed by atoms with Crippen molar-refractivity contribution in [3.05, 3.63) is 30.5 Å². The fraction of sp³-hybridized carbons (Fsp3) is 0.111. The Hall–Kier alpha value is -2.44. The number of carboxylic acid groups (broad SMARTS) is 1. The lowest BCUT2D eigenvalue weighted by Crippen LogP contribution is -2.00. The van der Waals surface area contributed by atoms with Crippen LogP contribution < -0.4 is 0 Å². The third-order valence-electron chi connectivity index (χ3n) is 1.72. The minimum atomic E-state index is -1.01. The van der Waals surface area contributed by atoms with Crippen LogP contribution in [0.1, 0.15) is 0 Å². The molecule has 0 fully saturated rings. The molecule has 2 rings (SSSR count). The van der Waals surface area contributed by atoms with Crippen LogP contribution in [0, 0.1) is 0 Å². The first kappa shape index (κ1) is 10.1. The van der Waals surface area contributed by atoms with Crippen LogP contribution in [0.4, 0.5) is 0 Å². The zero-order valence-corrected chi connectivity index (χ0v) is 8.15. The monoisotopic (exact) mass is 220 g/mol. The van der Waals surface area contributed by atoms with Crippen LogP contribution in [0.15, 0.2) is 35.0 Å². The standard InChI is InChI=1S/C9H8N4O3/c14-8(15)4-1-5-13-11-9(10-12-13)7-3-2-6-16-7/h1-4,6H,5H2,(H,14,15). The molecule has 0 aliphatic heterocycles. The maximum absolute atomic E-state index is 10.2. The molecule has 82 valence electrons. The van der Waals surface area contributed by atoms with Crippen molar-refractivity contribution in [3.8, 4) is 11.6 Å². The third kappa shape index (κ3) is 2.32. The molecule has 2 aromatic rings. The van der Waals surface area contributed by atoms with Gasteiger partial charge in [-0.3, -0.25) is 0 Å². The molecule has 0 bridgehead atoms. The Bertz CT molecular complexity index is 501. The Labute approximate surface area is 90.0 Å². The number of rotatable bonds is 4. The molecule has 0 atom stereocenters. The summed E-state index contributed by atoms with van der Waals surface area (Å²) in [6, 6.07) is 3.44. The number of aromatic nitrogens is 4. The summed E-state index contributed by atoms with van der Waals surface area (Å²) >= 11 is 0. The maximum Gasteiger partial charge on any atom is 0.328 e. The number of hydrogen-bond acceptors (Lipinski definition) is 5. The van der Waals surface area contributed by atoms with Crippen molar-refractivity contribution in [2.45, 2.75) is 6.54 Å². The number of nitrogens with zero attached hydrogens (tertiary/aromatic N) is 4. The average Bonchev–Trinajstić information content (AvgIpc) is 2.85. The summed E-state index contributed by atoms with van der Waals surface area (Å²) in [6.07, 6.45) is 3.96. The molecule has 7 nitrogen and oxygen atoms in total. The number of furan rings is 1. The van der Waals surface area contributed by atoms with Gasteiger partial charge in [-0.25, -0.2) is 4.79 Å². The SMILES string of the molecule is O=C(O)C=CCn1nnc(-c2ccco2)n1. The van der Waals surface area contributed by atoms with E-state index in [1.807, 2.05) is 0 Å². The van der Waals surface area contributed by atoms with Crippen LogP contribution in [0.5, 0.6) is 0 Å². The number of carboxylic acids is 1. The van der Waals surface area contributed by atoms with Gasteiger partial charge in [-0.1, -0.05) is 6.08 Å². The quantitative estimate of drug-likeness (QED) is 0.757. The van der Waals surface area contributed by atoms with Gasteiger partial charge in [-0.2, -0.15) is 4.80 Å². The van der Waals surface area contributed by atoms with Crippen LogP contribution >= 0.6 is 0 Å². The van der Waals surface area contributed by atoms with Crippen LogP contribution in [0.2, 0.25) is 0 Å². The molecular formula is C9H8N4O3. The minimum Gasteiger partial charge on any atom is -0.478 e. The van der Waals surface area contributed by atoms with Crippen molar-refractivity contribution in [1.29, 1.82) is 0 Å². The van der Waals surface area contributed by atoms with Gasteiger partial charge in [0.2, 0.25) is 5.82 Å². The Morgan fingerprint density at radius 3 is 3.19 bits per heavy atom. The Morgan fingerprint density at radius 2 is 2.50 bits per heavy atom. The van der Waals surface area contributed by atoms with Crippen molar-refractivity contribution in [3.63, 3.8) is 0 Å². The number of allylic oxidation sites excluding steroid dienone is 1. The van der Waals surface area contributed by atoms with Gasteiger partial charge < -0.3 is 9.52 Å². The lowest BCUT2D eigenvalue weighted by molar-refractivity contribution is -0.131. The zero-order valence-electron chi connectivity index (χ0n) is 8.15. The smallest absolute Gasteiger partial charge is 0.328 e. The van der Waals surface area contributed by atoms with Gasteiger partial charge in [0, 0.05) is 6.08 Å². The lowest BCUT2D eigenvalue weighted by atomic mass is 10.4. The van der Waals surface area contributed by atoms with Gasteiger partial charge in [0.15, 0.2) is 5.76 Å².